The third-order valence-corrected chi connectivity index (χ3v) is 7.67. The lowest BCUT2D eigenvalue weighted by Gasteiger charge is -2.30. The zero-order valence-electron chi connectivity index (χ0n) is 17.7. The molecule has 0 spiro atoms. The maximum Gasteiger partial charge on any atom is 0.243 e. The van der Waals surface area contributed by atoms with Crippen LogP contribution in [0.2, 0.25) is 0 Å². The third kappa shape index (κ3) is 4.90. The van der Waals surface area contributed by atoms with Gasteiger partial charge in [-0.1, -0.05) is 24.6 Å². The van der Waals surface area contributed by atoms with Crippen molar-refractivity contribution >= 4 is 15.9 Å². The van der Waals surface area contributed by atoms with E-state index >= 15 is 0 Å². The Hall–Kier alpha value is -2.12. The predicted octanol–water partition coefficient (Wildman–Crippen LogP) is 3.31. The molecule has 0 saturated heterocycles. The highest BCUT2D eigenvalue weighted by atomic mass is 32.2. The molecule has 7 heteroatoms. The Kier molecular flexibility index (Phi) is 6.49. The van der Waals surface area contributed by atoms with Gasteiger partial charge in [-0.25, -0.2) is 8.42 Å². The highest BCUT2D eigenvalue weighted by Crippen LogP contribution is 2.29. The summed E-state index contributed by atoms with van der Waals surface area (Å²) in [7, 11) is -1.80. The molecule has 6 nitrogen and oxygen atoms in total. The van der Waals surface area contributed by atoms with Crippen molar-refractivity contribution in [2.24, 2.45) is 7.05 Å². The number of aryl methyl sites for hydroxylation is 2. The number of benzene rings is 1. The summed E-state index contributed by atoms with van der Waals surface area (Å²) in [6.45, 7) is 6.09. The summed E-state index contributed by atoms with van der Waals surface area (Å²) in [5, 5.41) is 0. The van der Waals surface area contributed by atoms with E-state index in [0.717, 1.165) is 24.1 Å². The number of sulfonamides is 1. The van der Waals surface area contributed by atoms with Crippen LogP contribution in [0.4, 0.5) is 0 Å². The molecule has 0 radical (unpaired) electrons. The summed E-state index contributed by atoms with van der Waals surface area (Å²) in [4.78, 5) is 15.3. The lowest BCUT2D eigenvalue weighted by molar-refractivity contribution is -0.133. The molecule has 1 saturated carbocycles. The average Bonchev–Trinajstić information content (AvgIpc) is 3.45. The molecule has 1 aromatic heterocycles. The molecule has 0 bridgehead atoms. The van der Waals surface area contributed by atoms with Gasteiger partial charge >= 0.3 is 0 Å². The van der Waals surface area contributed by atoms with Crippen molar-refractivity contribution < 1.29 is 13.2 Å². The normalized spacial score (nSPS) is 15.5. The van der Waals surface area contributed by atoms with E-state index in [1.165, 1.54) is 4.31 Å². The SMILES string of the molecule is CC[C@H](C)N(CC(=O)N(Cc1cccn1C)C1CC1)S(=O)(=O)c1ccc(C)cc1. The minimum absolute atomic E-state index is 0.133. The van der Waals surface area contributed by atoms with Crippen LogP contribution in [0.5, 0.6) is 0 Å². The van der Waals surface area contributed by atoms with E-state index in [2.05, 4.69) is 0 Å². The first-order chi connectivity index (χ1) is 13.7. The largest absolute Gasteiger partial charge is 0.353 e. The Morgan fingerprint density at radius 1 is 1.21 bits per heavy atom. The zero-order chi connectivity index (χ0) is 21.2. The molecular formula is C22H31N3O3S. The lowest BCUT2D eigenvalue weighted by atomic mass is 10.2. The minimum atomic E-state index is -3.75. The van der Waals surface area contributed by atoms with Crippen LogP contribution >= 0.6 is 0 Å². The van der Waals surface area contributed by atoms with E-state index < -0.39 is 10.0 Å². The molecule has 1 aliphatic rings. The first kappa shape index (κ1) is 21.6. The Bertz CT molecular complexity index is 946. The van der Waals surface area contributed by atoms with Crippen molar-refractivity contribution in [2.45, 2.75) is 63.6 Å². The van der Waals surface area contributed by atoms with Crippen molar-refractivity contribution in [1.29, 1.82) is 0 Å². The zero-order valence-corrected chi connectivity index (χ0v) is 18.5. The van der Waals surface area contributed by atoms with Crippen LogP contribution in [0.15, 0.2) is 47.5 Å². The summed E-state index contributed by atoms with van der Waals surface area (Å²) in [6.07, 6.45) is 4.55. The molecule has 1 amide bonds. The van der Waals surface area contributed by atoms with E-state index in [1.54, 1.807) is 24.3 Å². The topological polar surface area (TPSA) is 62.6 Å². The molecule has 2 aromatic rings. The second-order valence-corrected chi connectivity index (χ2v) is 9.87. The molecule has 3 rings (SSSR count). The number of amides is 1. The van der Waals surface area contributed by atoms with Crippen molar-refractivity contribution in [3.63, 3.8) is 0 Å². The van der Waals surface area contributed by atoms with E-state index in [4.69, 9.17) is 0 Å². The quantitative estimate of drug-likeness (QED) is 0.629. The molecule has 0 aliphatic heterocycles. The molecule has 1 atom stereocenters. The summed E-state index contributed by atoms with van der Waals surface area (Å²) >= 11 is 0. The summed E-state index contributed by atoms with van der Waals surface area (Å²) in [6, 6.07) is 10.7. The number of nitrogens with zero attached hydrogens (tertiary/aromatic N) is 3. The van der Waals surface area contributed by atoms with Crippen LogP contribution in [0.3, 0.4) is 0 Å². The monoisotopic (exact) mass is 417 g/mol. The maximum absolute atomic E-state index is 13.3. The van der Waals surface area contributed by atoms with Gasteiger partial charge in [-0.3, -0.25) is 4.79 Å². The van der Waals surface area contributed by atoms with Gasteiger partial charge in [0, 0.05) is 31.0 Å². The Morgan fingerprint density at radius 2 is 1.86 bits per heavy atom. The molecule has 1 aliphatic carbocycles. The van der Waals surface area contributed by atoms with Gasteiger partial charge in [-0.15, -0.1) is 0 Å². The fraction of sp³-hybridized carbons (Fsp3) is 0.500. The maximum atomic E-state index is 13.3. The first-order valence-corrected chi connectivity index (χ1v) is 11.7. The fourth-order valence-corrected chi connectivity index (χ4v) is 5.05. The van der Waals surface area contributed by atoms with Gasteiger partial charge < -0.3 is 9.47 Å². The van der Waals surface area contributed by atoms with E-state index in [0.29, 0.717) is 13.0 Å². The van der Waals surface area contributed by atoms with Crippen LogP contribution in [0, 0.1) is 6.92 Å². The molecular weight excluding hydrogens is 386 g/mol. The molecule has 1 aromatic carbocycles. The average molecular weight is 418 g/mol. The number of hydrogen-bond acceptors (Lipinski definition) is 3. The molecule has 1 heterocycles. The summed E-state index contributed by atoms with van der Waals surface area (Å²) < 4.78 is 30.0. The molecule has 0 unspecified atom stereocenters. The number of carbonyl (C=O) groups is 1. The van der Waals surface area contributed by atoms with Crippen LogP contribution in [0.1, 0.15) is 44.4 Å². The lowest BCUT2D eigenvalue weighted by Crippen LogP contribution is -2.47. The summed E-state index contributed by atoms with van der Waals surface area (Å²) in [5.41, 5.74) is 2.04. The van der Waals surface area contributed by atoms with Gasteiger partial charge in [0.05, 0.1) is 18.0 Å². The van der Waals surface area contributed by atoms with Crippen LogP contribution < -0.4 is 0 Å². The van der Waals surface area contributed by atoms with Crippen molar-refractivity contribution in [3.8, 4) is 0 Å². The van der Waals surface area contributed by atoms with Crippen molar-refractivity contribution in [1.82, 2.24) is 13.8 Å². The highest BCUT2D eigenvalue weighted by Gasteiger charge is 2.37. The predicted molar refractivity (Wildman–Crippen MR) is 114 cm³/mol. The van der Waals surface area contributed by atoms with E-state index in [9.17, 15) is 13.2 Å². The molecule has 29 heavy (non-hydrogen) atoms. The Balaban J connectivity index is 1.84. The van der Waals surface area contributed by atoms with Crippen molar-refractivity contribution in [3.05, 3.63) is 53.9 Å². The number of aromatic nitrogens is 1. The van der Waals surface area contributed by atoms with Crippen LogP contribution in [0.25, 0.3) is 0 Å². The second kappa shape index (κ2) is 8.71. The molecule has 1 fully saturated rings. The number of hydrogen-bond donors (Lipinski definition) is 0. The van der Waals surface area contributed by atoms with Gasteiger partial charge in [-0.2, -0.15) is 4.31 Å². The van der Waals surface area contributed by atoms with Gasteiger partial charge in [0.1, 0.15) is 0 Å². The van der Waals surface area contributed by atoms with Gasteiger partial charge in [-0.05, 0) is 57.4 Å². The molecule has 158 valence electrons. The van der Waals surface area contributed by atoms with Crippen molar-refractivity contribution in [2.75, 3.05) is 6.54 Å². The minimum Gasteiger partial charge on any atom is -0.353 e. The number of rotatable bonds is 9. The van der Waals surface area contributed by atoms with E-state index in [1.807, 2.05) is 55.6 Å². The highest BCUT2D eigenvalue weighted by molar-refractivity contribution is 7.89. The first-order valence-electron chi connectivity index (χ1n) is 10.2. The van der Waals surface area contributed by atoms with Gasteiger partial charge in [0.15, 0.2) is 0 Å². The Labute approximate surface area is 174 Å². The smallest absolute Gasteiger partial charge is 0.243 e. The van der Waals surface area contributed by atoms with Crippen LogP contribution in [-0.2, 0) is 28.4 Å². The van der Waals surface area contributed by atoms with Gasteiger partial charge in [0.25, 0.3) is 0 Å². The fourth-order valence-electron chi connectivity index (χ4n) is 3.39. The molecule has 0 N–H and O–H groups in total. The van der Waals surface area contributed by atoms with E-state index in [-0.39, 0.29) is 29.4 Å². The second-order valence-electron chi connectivity index (χ2n) is 7.98. The third-order valence-electron chi connectivity index (χ3n) is 5.69. The summed E-state index contributed by atoms with van der Waals surface area (Å²) in [5.74, 6) is -0.135. The Morgan fingerprint density at radius 3 is 2.38 bits per heavy atom. The van der Waals surface area contributed by atoms with Crippen LogP contribution in [-0.4, -0.2) is 46.7 Å². The number of carbonyl (C=O) groups excluding carboxylic acids is 1. The van der Waals surface area contributed by atoms with Gasteiger partial charge in [0.2, 0.25) is 15.9 Å². The standard InChI is InChI=1S/C22H31N3O3S/c1-5-18(3)25(29(27,28)21-12-8-17(2)9-13-21)16-22(26)24(19-10-11-19)15-20-7-6-14-23(20)4/h6-9,12-14,18-19H,5,10-11,15-16H2,1-4H3/t18-/m0/s1.